The van der Waals surface area contributed by atoms with Crippen molar-refractivity contribution in [2.75, 3.05) is 5.73 Å². The van der Waals surface area contributed by atoms with Gasteiger partial charge in [0.05, 0.1) is 12.6 Å². The molecule has 2 aromatic rings. The predicted octanol–water partition coefficient (Wildman–Crippen LogP) is 0.809. The highest BCUT2D eigenvalue weighted by Gasteiger charge is 2.21. The Labute approximate surface area is 119 Å². The van der Waals surface area contributed by atoms with Gasteiger partial charge in [0.2, 0.25) is 5.78 Å². The second-order valence-electron chi connectivity index (χ2n) is 4.52. The number of aromatic amines is 1. The smallest absolute Gasteiger partial charge is 0.372 e. The van der Waals surface area contributed by atoms with Crippen molar-refractivity contribution in [3.8, 4) is 0 Å². The lowest BCUT2D eigenvalue weighted by Crippen LogP contribution is -2.18. The average molecular weight is 287 g/mol. The SMILES string of the molecule is Nc1ccc(Cc2cn[nH]c2C(=O)CC(=O)C(=O)O)cc1. The number of ketones is 2. The van der Waals surface area contributed by atoms with Crippen LogP contribution in [0, 0.1) is 0 Å². The van der Waals surface area contributed by atoms with Crippen molar-refractivity contribution in [2.45, 2.75) is 12.8 Å². The Morgan fingerprint density at radius 3 is 2.48 bits per heavy atom. The first-order valence-electron chi connectivity index (χ1n) is 6.13. The van der Waals surface area contributed by atoms with E-state index < -0.39 is 24.0 Å². The molecule has 0 amide bonds. The third-order valence-corrected chi connectivity index (χ3v) is 2.93. The molecule has 0 aliphatic heterocycles. The van der Waals surface area contributed by atoms with Crippen LogP contribution in [0.4, 0.5) is 5.69 Å². The molecule has 7 heteroatoms. The van der Waals surface area contributed by atoms with Gasteiger partial charge in [0.25, 0.3) is 0 Å². The van der Waals surface area contributed by atoms with Gasteiger partial charge < -0.3 is 10.8 Å². The molecule has 1 aromatic heterocycles. The summed E-state index contributed by atoms with van der Waals surface area (Å²) in [5.74, 6) is -3.36. The van der Waals surface area contributed by atoms with Crippen LogP contribution in [-0.2, 0) is 16.0 Å². The molecular weight excluding hydrogens is 274 g/mol. The van der Waals surface area contributed by atoms with Crippen LogP contribution in [0.5, 0.6) is 0 Å². The molecule has 0 aliphatic rings. The Morgan fingerprint density at radius 1 is 1.19 bits per heavy atom. The number of carboxylic acids is 1. The first-order chi connectivity index (χ1) is 9.97. The summed E-state index contributed by atoms with van der Waals surface area (Å²) in [5.41, 5.74) is 7.90. The molecule has 21 heavy (non-hydrogen) atoms. The molecule has 0 unspecified atom stereocenters. The molecule has 0 bridgehead atoms. The summed E-state index contributed by atoms with van der Waals surface area (Å²) in [6.07, 6.45) is 1.22. The lowest BCUT2D eigenvalue weighted by molar-refractivity contribution is -0.148. The van der Waals surface area contributed by atoms with Gasteiger partial charge in [-0.3, -0.25) is 14.7 Å². The van der Waals surface area contributed by atoms with E-state index in [2.05, 4.69) is 10.2 Å². The van der Waals surface area contributed by atoms with Gasteiger partial charge in [-0.2, -0.15) is 5.10 Å². The summed E-state index contributed by atoms with van der Waals surface area (Å²) in [5, 5.41) is 14.8. The first kappa shape index (κ1) is 14.4. The zero-order chi connectivity index (χ0) is 15.4. The molecule has 0 aliphatic carbocycles. The summed E-state index contributed by atoms with van der Waals surface area (Å²) in [7, 11) is 0. The number of Topliss-reactive ketones (excluding diaryl/α,β-unsaturated/α-hetero) is 2. The maximum atomic E-state index is 11.9. The van der Waals surface area contributed by atoms with Crippen LogP contribution in [0.25, 0.3) is 0 Å². The largest absolute Gasteiger partial charge is 0.475 e. The van der Waals surface area contributed by atoms with E-state index in [1.54, 1.807) is 12.1 Å². The zero-order valence-electron chi connectivity index (χ0n) is 11.0. The molecule has 4 N–H and O–H groups in total. The van der Waals surface area contributed by atoms with E-state index in [9.17, 15) is 14.4 Å². The van der Waals surface area contributed by atoms with Crippen LogP contribution in [0.1, 0.15) is 28.0 Å². The fourth-order valence-corrected chi connectivity index (χ4v) is 1.85. The first-order valence-corrected chi connectivity index (χ1v) is 6.13. The number of aliphatic carboxylic acids is 1. The highest BCUT2D eigenvalue weighted by molar-refractivity contribution is 6.37. The number of nitrogen functional groups attached to an aromatic ring is 1. The Hall–Kier alpha value is -2.96. The van der Waals surface area contributed by atoms with Gasteiger partial charge in [-0.25, -0.2) is 4.79 Å². The number of benzene rings is 1. The minimum absolute atomic E-state index is 0.154. The topological polar surface area (TPSA) is 126 Å². The van der Waals surface area contributed by atoms with Gasteiger partial charge in [-0.15, -0.1) is 0 Å². The molecule has 108 valence electrons. The second kappa shape index (κ2) is 6.00. The van der Waals surface area contributed by atoms with Gasteiger partial charge in [0, 0.05) is 17.7 Å². The lowest BCUT2D eigenvalue weighted by atomic mass is 10.0. The van der Waals surface area contributed by atoms with Gasteiger partial charge in [-0.05, 0) is 17.7 Å². The Bertz CT molecular complexity index is 688. The number of carbonyl (C=O) groups excluding carboxylic acids is 2. The minimum Gasteiger partial charge on any atom is -0.475 e. The standard InChI is InChI=1S/C14H13N3O4/c15-10-3-1-8(2-4-10)5-9-7-16-17-13(9)11(18)6-12(19)14(20)21/h1-4,7H,5-6,15H2,(H,16,17)(H,20,21). The van der Waals surface area contributed by atoms with E-state index in [-0.39, 0.29) is 5.69 Å². The molecule has 0 atom stereocenters. The van der Waals surface area contributed by atoms with E-state index in [0.717, 1.165) is 5.56 Å². The summed E-state index contributed by atoms with van der Waals surface area (Å²) < 4.78 is 0. The number of H-pyrrole nitrogens is 1. The van der Waals surface area contributed by atoms with Crippen LogP contribution in [-0.4, -0.2) is 32.8 Å². The minimum atomic E-state index is -1.62. The fraction of sp³-hybridized carbons (Fsp3) is 0.143. The van der Waals surface area contributed by atoms with Crippen molar-refractivity contribution in [1.82, 2.24) is 10.2 Å². The van der Waals surface area contributed by atoms with Crippen molar-refractivity contribution in [3.05, 3.63) is 47.3 Å². The molecule has 0 fully saturated rings. The summed E-state index contributed by atoms with van der Waals surface area (Å²) in [4.78, 5) is 33.5. The maximum absolute atomic E-state index is 11.9. The van der Waals surface area contributed by atoms with E-state index in [1.807, 2.05) is 12.1 Å². The van der Waals surface area contributed by atoms with Crippen LogP contribution in [0.2, 0.25) is 0 Å². The van der Waals surface area contributed by atoms with Crippen molar-refractivity contribution >= 4 is 23.2 Å². The number of carbonyl (C=O) groups is 3. The molecule has 1 aromatic carbocycles. The Balaban J connectivity index is 2.14. The number of nitrogens with two attached hydrogens (primary N) is 1. The highest BCUT2D eigenvalue weighted by Crippen LogP contribution is 2.15. The van der Waals surface area contributed by atoms with Gasteiger partial charge >= 0.3 is 5.97 Å². The van der Waals surface area contributed by atoms with Crippen LogP contribution in [0.15, 0.2) is 30.5 Å². The van der Waals surface area contributed by atoms with E-state index in [4.69, 9.17) is 10.8 Å². The number of nitrogens with one attached hydrogen (secondary N) is 1. The molecule has 7 nitrogen and oxygen atoms in total. The monoisotopic (exact) mass is 287 g/mol. The molecular formula is C14H13N3O4. The molecule has 0 spiro atoms. The number of rotatable bonds is 6. The Kier molecular flexibility index (Phi) is 4.13. The quantitative estimate of drug-likeness (QED) is 0.312. The normalized spacial score (nSPS) is 10.3. The number of hydrogen-bond donors (Lipinski definition) is 3. The third-order valence-electron chi connectivity index (χ3n) is 2.93. The van der Waals surface area contributed by atoms with E-state index in [0.29, 0.717) is 17.7 Å². The number of aromatic nitrogens is 2. The van der Waals surface area contributed by atoms with Crippen LogP contribution in [0.3, 0.4) is 0 Å². The average Bonchev–Trinajstić information content (AvgIpc) is 2.89. The number of hydrogen-bond acceptors (Lipinski definition) is 5. The number of carboxylic acid groups (broad SMARTS) is 1. The predicted molar refractivity (Wildman–Crippen MR) is 73.8 cm³/mol. The summed E-state index contributed by atoms with van der Waals surface area (Å²) in [6, 6.07) is 7.12. The van der Waals surface area contributed by atoms with Crippen LogP contribution < -0.4 is 5.73 Å². The van der Waals surface area contributed by atoms with Gasteiger partial charge in [0.15, 0.2) is 5.78 Å². The number of anilines is 1. The van der Waals surface area contributed by atoms with Crippen molar-refractivity contribution in [1.29, 1.82) is 0 Å². The van der Waals surface area contributed by atoms with Gasteiger partial charge in [0.1, 0.15) is 5.69 Å². The van der Waals surface area contributed by atoms with Crippen molar-refractivity contribution in [3.63, 3.8) is 0 Å². The van der Waals surface area contributed by atoms with Crippen molar-refractivity contribution in [2.24, 2.45) is 0 Å². The second-order valence-corrected chi connectivity index (χ2v) is 4.52. The van der Waals surface area contributed by atoms with E-state index >= 15 is 0 Å². The molecule has 0 saturated carbocycles. The Morgan fingerprint density at radius 2 is 1.86 bits per heavy atom. The molecule has 0 radical (unpaired) electrons. The molecule has 2 rings (SSSR count). The fourth-order valence-electron chi connectivity index (χ4n) is 1.85. The maximum Gasteiger partial charge on any atom is 0.372 e. The molecule has 0 saturated heterocycles. The summed E-state index contributed by atoms with van der Waals surface area (Å²) in [6.45, 7) is 0. The molecule has 1 heterocycles. The summed E-state index contributed by atoms with van der Waals surface area (Å²) >= 11 is 0. The zero-order valence-corrected chi connectivity index (χ0v) is 11.0. The van der Waals surface area contributed by atoms with Crippen LogP contribution >= 0.6 is 0 Å². The van der Waals surface area contributed by atoms with Gasteiger partial charge in [-0.1, -0.05) is 12.1 Å². The number of nitrogens with zero attached hydrogens (tertiary/aromatic N) is 1. The highest BCUT2D eigenvalue weighted by atomic mass is 16.4. The third kappa shape index (κ3) is 3.53. The van der Waals surface area contributed by atoms with E-state index in [1.165, 1.54) is 6.20 Å². The van der Waals surface area contributed by atoms with Crippen molar-refractivity contribution < 1.29 is 19.5 Å². The lowest BCUT2D eigenvalue weighted by Gasteiger charge is -2.03.